The number of rotatable bonds is 7. The summed E-state index contributed by atoms with van der Waals surface area (Å²) in [5, 5.41) is 4.77. The van der Waals surface area contributed by atoms with E-state index in [9.17, 15) is 0 Å². The van der Waals surface area contributed by atoms with E-state index in [2.05, 4.69) is 51.2 Å². The molecule has 0 amide bonds. The molecule has 0 aliphatic carbocycles. The van der Waals surface area contributed by atoms with Crippen molar-refractivity contribution in [3.63, 3.8) is 0 Å². The molecular formula is C13H26N2S. The summed E-state index contributed by atoms with van der Waals surface area (Å²) in [5.74, 6) is 0.554. The quantitative estimate of drug-likeness (QED) is 0.688. The minimum atomic E-state index is 0.497. The van der Waals surface area contributed by atoms with E-state index < -0.39 is 0 Å². The van der Waals surface area contributed by atoms with Crippen LogP contribution in [-0.2, 0) is 0 Å². The van der Waals surface area contributed by atoms with E-state index in [1.54, 1.807) is 11.8 Å². The molecule has 0 saturated heterocycles. The monoisotopic (exact) mass is 242 g/mol. The van der Waals surface area contributed by atoms with Crippen molar-refractivity contribution in [2.75, 3.05) is 12.8 Å². The molecule has 3 heteroatoms. The maximum absolute atomic E-state index is 4.41. The average Bonchev–Trinajstić information content (AvgIpc) is 2.20. The van der Waals surface area contributed by atoms with Gasteiger partial charge >= 0.3 is 0 Å². The van der Waals surface area contributed by atoms with E-state index in [1.807, 2.05) is 6.21 Å². The number of thioether (sulfide) groups is 1. The highest BCUT2D eigenvalue weighted by atomic mass is 32.2. The molecule has 0 saturated carbocycles. The smallest absolute Gasteiger partial charge is 0.0670 e. The third-order valence-electron chi connectivity index (χ3n) is 2.03. The first-order valence-electron chi connectivity index (χ1n) is 5.97. The van der Waals surface area contributed by atoms with Gasteiger partial charge < -0.3 is 5.32 Å². The van der Waals surface area contributed by atoms with Crippen LogP contribution in [0.4, 0.5) is 0 Å². The standard InChI is InChI=1S/C13H26N2S/c1-10(2)9-14-8-7-12(5)13(16-6)15-11(3)4/h9-11,15H,7-8H2,1-6H3/b13-12+,14-9+. The Kier molecular flexibility index (Phi) is 8.44. The summed E-state index contributed by atoms with van der Waals surface area (Å²) < 4.78 is 0. The first-order chi connectivity index (χ1) is 7.47. The van der Waals surface area contributed by atoms with Crippen LogP contribution in [0.15, 0.2) is 15.6 Å². The van der Waals surface area contributed by atoms with Crippen LogP contribution in [0.1, 0.15) is 41.0 Å². The molecule has 0 radical (unpaired) electrons. The zero-order chi connectivity index (χ0) is 12.6. The van der Waals surface area contributed by atoms with Crippen molar-refractivity contribution in [2.45, 2.75) is 47.1 Å². The molecule has 0 aromatic carbocycles. The molecule has 0 unspecified atom stereocenters. The van der Waals surface area contributed by atoms with Crippen molar-refractivity contribution in [3.05, 3.63) is 10.6 Å². The lowest BCUT2D eigenvalue weighted by molar-refractivity contribution is 0.685. The molecule has 0 spiro atoms. The first-order valence-corrected chi connectivity index (χ1v) is 7.20. The van der Waals surface area contributed by atoms with Crippen LogP contribution in [0.3, 0.4) is 0 Å². The number of aliphatic imine (C=N–C) groups is 1. The fraction of sp³-hybridized carbons (Fsp3) is 0.769. The summed E-state index contributed by atoms with van der Waals surface area (Å²) in [7, 11) is 0. The maximum atomic E-state index is 4.41. The van der Waals surface area contributed by atoms with Gasteiger partial charge in [0, 0.05) is 18.8 Å². The summed E-state index contributed by atoms with van der Waals surface area (Å²) in [5.41, 5.74) is 1.40. The minimum Gasteiger partial charge on any atom is -0.378 e. The fourth-order valence-electron chi connectivity index (χ4n) is 1.25. The Morgan fingerprint density at radius 2 is 1.94 bits per heavy atom. The Bertz CT molecular complexity index is 242. The molecule has 1 N–H and O–H groups in total. The highest BCUT2D eigenvalue weighted by Crippen LogP contribution is 2.16. The molecular weight excluding hydrogens is 216 g/mol. The van der Waals surface area contributed by atoms with E-state index in [0.717, 1.165) is 13.0 Å². The van der Waals surface area contributed by atoms with E-state index in [-0.39, 0.29) is 0 Å². The molecule has 2 nitrogen and oxygen atoms in total. The van der Waals surface area contributed by atoms with Crippen molar-refractivity contribution < 1.29 is 0 Å². The van der Waals surface area contributed by atoms with Gasteiger partial charge in [-0.1, -0.05) is 13.8 Å². The van der Waals surface area contributed by atoms with Crippen LogP contribution >= 0.6 is 11.8 Å². The summed E-state index contributed by atoms with van der Waals surface area (Å²) >= 11 is 1.79. The van der Waals surface area contributed by atoms with Gasteiger partial charge in [0.1, 0.15) is 0 Å². The van der Waals surface area contributed by atoms with Crippen LogP contribution < -0.4 is 5.32 Å². The molecule has 0 fully saturated rings. The lowest BCUT2D eigenvalue weighted by Gasteiger charge is -2.15. The second kappa shape index (κ2) is 8.68. The SMILES string of the molecule is CS/C(NC(C)C)=C(\C)CC/N=C/C(C)C. The molecule has 0 aromatic heterocycles. The van der Waals surface area contributed by atoms with Gasteiger partial charge in [-0.3, -0.25) is 4.99 Å². The number of nitrogens with zero attached hydrogens (tertiary/aromatic N) is 1. The molecule has 16 heavy (non-hydrogen) atoms. The zero-order valence-electron chi connectivity index (χ0n) is 11.5. The molecule has 0 bridgehead atoms. The third-order valence-corrected chi connectivity index (χ3v) is 2.91. The van der Waals surface area contributed by atoms with Gasteiger partial charge in [0.15, 0.2) is 0 Å². The first kappa shape index (κ1) is 15.6. The van der Waals surface area contributed by atoms with Crippen molar-refractivity contribution in [3.8, 4) is 0 Å². The van der Waals surface area contributed by atoms with Crippen molar-refractivity contribution in [1.29, 1.82) is 0 Å². The highest BCUT2D eigenvalue weighted by molar-refractivity contribution is 8.02. The highest BCUT2D eigenvalue weighted by Gasteiger charge is 2.02. The Hall–Kier alpha value is -0.440. The maximum Gasteiger partial charge on any atom is 0.0670 e. The molecule has 0 heterocycles. The Labute approximate surface area is 105 Å². The van der Waals surface area contributed by atoms with Crippen LogP contribution in [0.2, 0.25) is 0 Å². The molecule has 0 aliphatic rings. The van der Waals surface area contributed by atoms with Crippen LogP contribution in [0, 0.1) is 5.92 Å². The van der Waals surface area contributed by atoms with E-state index in [4.69, 9.17) is 0 Å². The van der Waals surface area contributed by atoms with Crippen molar-refractivity contribution in [2.24, 2.45) is 10.9 Å². The van der Waals surface area contributed by atoms with Gasteiger partial charge in [0.25, 0.3) is 0 Å². The van der Waals surface area contributed by atoms with Crippen LogP contribution in [-0.4, -0.2) is 25.1 Å². The summed E-state index contributed by atoms with van der Waals surface area (Å²) in [6.45, 7) is 11.7. The van der Waals surface area contributed by atoms with Gasteiger partial charge in [-0.2, -0.15) is 0 Å². The fourth-order valence-corrected chi connectivity index (χ4v) is 2.05. The topological polar surface area (TPSA) is 24.4 Å². The van der Waals surface area contributed by atoms with Gasteiger partial charge in [0.05, 0.1) is 5.03 Å². The predicted molar refractivity (Wildman–Crippen MR) is 77.3 cm³/mol. The molecule has 94 valence electrons. The van der Waals surface area contributed by atoms with E-state index in [1.165, 1.54) is 10.6 Å². The summed E-state index contributed by atoms with van der Waals surface area (Å²) in [6.07, 6.45) is 5.19. The molecule has 0 aliphatic heterocycles. The molecule has 0 atom stereocenters. The van der Waals surface area contributed by atoms with Gasteiger partial charge in [-0.25, -0.2) is 0 Å². The Morgan fingerprint density at radius 3 is 2.38 bits per heavy atom. The van der Waals surface area contributed by atoms with E-state index in [0.29, 0.717) is 12.0 Å². The van der Waals surface area contributed by atoms with Crippen LogP contribution in [0.25, 0.3) is 0 Å². The normalized spacial score (nSPS) is 13.8. The zero-order valence-corrected chi connectivity index (χ0v) is 12.3. The van der Waals surface area contributed by atoms with Crippen LogP contribution in [0.5, 0.6) is 0 Å². The van der Waals surface area contributed by atoms with Gasteiger partial charge in [-0.15, -0.1) is 11.8 Å². The minimum absolute atomic E-state index is 0.497. The second-order valence-electron chi connectivity index (χ2n) is 4.66. The summed E-state index contributed by atoms with van der Waals surface area (Å²) in [6, 6.07) is 0.497. The Balaban J connectivity index is 4.17. The number of hydrogen-bond acceptors (Lipinski definition) is 3. The number of hydrogen-bond donors (Lipinski definition) is 1. The second-order valence-corrected chi connectivity index (χ2v) is 5.48. The molecule has 0 aromatic rings. The largest absolute Gasteiger partial charge is 0.378 e. The third kappa shape index (κ3) is 7.80. The summed E-state index contributed by atoms with van der Waals surface area (Å²) in [4.78, 5) is 4.41. The van der Waals surface area contributed by atoms with Crippen molar-refractivity contribution in [1.82, 2.24) is 5.32 Å². The average molecular weight is 242 g/mol. The van der Waals surface area contributed by atoms with Gasteiger partial charge in [0.2, 0.25) is 0 Å². The lowest BCUT2D eigenvalue weighted by atomic mass is 10.2. The number of nitrogens with one attached hydrogen (secondary N) is 1. The lowest BCUT2D eigenvalue weighted by Crippen LogP contribution is -2.21. The molecule has 0 rings (SSSR count). The predicted octanol–water partition coefficient (Wildman–Crippen LogP) is 3.70. The van der Waals surface area contributed by atoms with Crippen molar-refractivity contribution >= 4 is 18.0 Å². The van der Waals surface area contributed by atoms with E-state index >= 15 is 0 Å². The van der Waals surface area contributed by atoms with Gasteiger partial charge in [-0.05, 0) is 44.9 Å². The Morgan fingerprint density at radius 1 is 1.31 bits per heavy atom.